The fourth-order valence-corrected chi connectivity index (χ4v) is 3.98. The van der Waals surface area contributed by atoms with Crippen LogP contribution in [0.1, 0.15) is 24.2 Å². The van der Waals surface area contributed by atoms with Crippen molar-refractivity contribution < 1.29 is 4.79 Å². The van der Waals surface area contributed by atoms with Gasteiger partial charge in [-0.2, -0.15) is 0 Å². The van der Waals surface area contributed by atoms with Gasteiger partial charge >= 0.3 is 0 Å². The molecule has 0 unspecified atom stereocenters. The number of likely N-dealkylation sites (tertiary alicyclic amines) is 1. The van der Waals surface area contributed by atoms with Crippen LogP contribution in [-0.4, -0.2) is 52.4 Å². The standard InChI is InChI=1S/C19H23ClN4O/c1-23-9-2-3-14(11-23)19(25)24-10-8-16-17(12-24)22-18(21-16)13-4-6-15(20)7-5-13/h4-7,14H,2-3,8-12H2,1H3,(H,21,22)/t14-/m1/s1. The van der Waals surface area contributed by atoms with Crippen molar-refractivity contribution in [3.05, 3.63) is 40.7 Å². The SMILES string of the molecule is CN1CCC[C@@H](C(=O)N2CCc3nc(-c4ccc(Cl)cc4)[nH]c3C2)C1. The smallest absolute Gasteiger partial charge is 0.227 e. The Labute approximate surface area is 153 Å². The molecule has 1 fully saturated rings. The molecule has 1 aromatic heterocycles. The number of aromatic amines is 1. The van der Waals surface area contributed by atoms with E-state index in [1.165, 1.54) is 0 Å². The summed E-state index contributed by atoms with van der Waals surface area (Å²) in [5, 5.41) is 0.717. The number of hydrogen-bond donors (Lipinski definition) is 1. The van der Waals surface area contributed by atoms with E-state index >= 15 is 0 Å². The first-order valence-corrected chi connectivity index (χ1v) is 9.29. The molecule has 0 aliphatic carbocycles. The predicted molar refractivity (Wildman–Crippen MR) is 98.4 cm³/mol. The highest BCUT2D eigenvalue weighted by atomic mass is 35.5. The zero-order chi connectivity index (χ0) is 17.4. The van der Waals surface area contributed by atoms with Crippen molar-refractivity contribution >= 4 is 17.5 Å². The minimum atomic E-state index is 0.138. The minimum absolute atomic E-state index is 0.138. The van der Waals surface area contributed by atoms with Gasteiger partial charge in [-0.25, -0.2) is 4.98 Å². The summed E-state index contributed by atoms with van der Waals surface area (Å²) >= 11 is 5.96. The van der Waals surface area contributed by atoms with Gasteiger partial charge in [0.25, 0.3) is 0 Å². The van der Waals surface area contributed by atoms with Gasteiger partial charge in [0.15, 0.2) is 0 Å². The van der Waals surface area contributed by atoms with Crippen LogP contribution in [-0.2, 0) is 17.8 Å². The number of aromatic nitrogens is 2. The van der Waals surface area contributed by atoms with Crippen molar-refractivity contribution in [2.24, 2.45) is 5.92 Å². The Hall–Kier alpha value is -1.85. The van der Waals surface area contributed by atoms with Crippen molar-refractivity contribution in [2.75, 3.05) is 26.7 Å². The van der Waals surface area contributed by atoms with Gasteiger partial charge in [-0.1, -0.05) is 11.6 Å². The lowest BCUT2D eigenvalue weighted by Crippen LogP contribution is -2.45. The van der Waals surface area contributed by atoms with Gasteiger partial charge < -0.3 is 14.8 Å². The summed E-state index contributed by atoms with van der Waals surface area (Å²) in [7, 11) is 2.10. The van der Waals surface area contributed by atoms with Crippen LogP contribution in [0.2, 0.25) is 5.02 Å². The summed E-state index contributed by atoms with van der Waals surface area (Å²) in [6, 6.07) is 7.67. The number of hydrogen-bond acceptors (Lipinski definition) is 3. The lowest BCUT2D eigenvalue weighted by Gasteiger charge is -2.34. The van der Waals surface area contributed by atoms with E-state index in [1.54, 1.807) is 0 Å². The van der Waals surface area contributed by atoms with Gasteiger partial charge in [-0.05, 0) is 50.7 Å². The number of imidazole rings is 1. The number of carbonyl (C=O) groups excluding carboxylic acids is 1. The van der Waals surface area contributed by atoms with Gasteiger partial charge in [0.1, 0.15) is 5.82 Å². The van der Waals surface area contributed by atoms with Crippen LogP contribution in [0.5, 0.6) is 0 Å². The molecule has 2 aliphatic heterocycles. The maximum absolute atomic E-state index is 12.9. The number of H-pyrrole nitrogens is 1. The van der Waals surface area contributed by atoms with Crippen molar-refractivity contribution in [3.63, 3.8) is 0 Å². The fourth-order valence-electron chi connectivity index (χ4n) is 3.85. The van der Waals surface area contributed by atoms with Crippen molar-refractivity contribution in [1.29, 1.82) is 0 Å². The number of nitrogens with one attached hydrogen (secondary N) is 1. The first kappa shape index (κ1) is 16.6. The van der Waals surface area contributed by atoms with Gasteiger partial charge in [-0.15, -0.1) is 0 Å². The summed E-state index contributed by atoms with van der Waals surface area (Å²) in [5.74, 6) is 1.28. The van der Waals surface area contributed by atoms with Crippen LogP contribution in [0.15, 0.2) is 24.3 Å². The molecule has 3 heterocycles. The van der Waals surface area contributed by atoms with Crippen LogP contribution in [0.3, 0.4) is 0 Å². The van der Waals surface area contributed by atoms with Crippen molar-refractivity contribution in [3.8, 4) is 11.4 Å². The van der Waals surface area contributed by atoms with Crippen LogP contribution in [0.25, 0.3) is 11.4 Å². The number of halogens is 1. The van der Waals surface area contributed by atoms with Gasteiger partial charge in [0, 0.05) is 30.1 Å². The molecule has 1 aromatic carbocycles. The monoisotopic (exact) mass is 358 g/mol. The second-order valence-electron chi connectivity index (χ2n) is 7.13. The zero-order valence-electron chi connectivity index (χ0n) is 14.5. The van der Waals surface area contributed by atoms with Gasteiger partial charge in [0.05, 0.1) is 23.9 Å². The second kappa shape index (κ2) is 6.81. The molecule has 132 valence electrons. The number of benzene rings is 1. The van der Waals surface area contributed by atoms with E-state index < -0.39 is 0 Å². The van der Waals surface area contributed by atoms with Gasteiger partial charge in [0.2, 0.25) is 5.91 Å². The Morgan fingerprint density at radius 3 is 2.84 bits per heavy atom. The number of rotatable bonds is 2. The molecular formula is C19H23ClN4O. The molecular weight excluding hydrogens is 336 g/mol. The van der Waals surface area contributed by atoms with E-state index in [-0.39, 0.29) is 5.92 Å². The second-order valence-corrected chi connectivity index (χ2v) is 7.57. The lowest BCUT2D eigenvalue weighted by atomic mass is 9.96. The van der Waals surface area contributed by atoms with Crippen LogP contribution < -0.4 is 0 Å². The third-order valence-corrected chi connectivity index (χ3v) is 5.49. The number of nitrogens with zero attached hydrogens (tertiary/aromatic N) is 3. The third kappa shape index (κ3) is 3.44. The maximum atomic E-state index is 12.9. The van der Waals surface area contributed by atoms with E-state index in [4.69, 9.17) is 16.6 Å². The first-order chi connectivity index (χ1) is 12.1. The normalized spacial score (nSPS) is 21.2. The molecule has 1 amide bonds. The van der Waals surface area contributed by atoms with E-state index in [2.05, 4.69) is 16.9 Å². The van der Waals surface area contributed by atoms with E-state index in [1.807, 2.05) is 29.2 Å². The third-order valence-electron chi connectivity index (χ3n) is 5.23. The molecule has 4 rings (SSSR count). The summed E-state index contributed by atoms with van der Waals surface area (Å²) in [6.07, 6.45) is 2.93. The summed E-state index contributed by atoms with van der Waals surface area (Å²) < 4.78 is 0. The van der Waals surface area contributed by atoms with Gasteiger partial charge in [-0.3, -0.25) is 4.79 Å². The molecule has 0 saturated carbocycles. The highest BCUT2D eigenvalue weighted by molar-refractivity contribution is 6.30. The molecule has 25 heavy (non-hydrogen) atoms. The Bertz CT molecular complexity index is 770. The Morgan fingerprint density at radius 1 is 1.28 bits per heavy atom. The van der Waals surface area contributed by atoms with Crippen molar-refractivity contribution in [2.45, 2.75) is 25.8 Å². The molecule has 2 aliphatic rings. The average Bonchev–Trinajstić information content (AvgIpc) is 3.05. The Kier molecular flexibility index (Phi) is 4.52. The highest BCUT2D eigenvalue weighted by Crippen LogP contribution is 2.26. The molecule has 0 bridgehead atoms. The van der Waals surface area contributed by atoms with E-state index in [0.29, 0.717) is 17.5 Å². The van der Waals surface area contributed by atoms with Crippen LogP contribution in [0, 0.1) is 5.92 Å². The predicted octanol–water partition coefficient (Wildman–Crippen LogP) is 2.96. The van der Waals surface area contributed by atoms with Crippen LogP contribution >= 0.6 is 11.6 Å². The Morgan fingerprint density at radius 2 is 2.08 bits per heavy atom. The number of piperidine rings is 1. The van der Waals surface area contributed by atoms with E-state index in [9.17, 15) is 4.79 Å². The molecule has 0 radical (unpaired) electrons. The zero-order valence-corrected chi connectivity index (χ0v) is 15.2. The molecule has 6 heteroatoms. The molecule has 1 saturated heterocycles. The number of amides is 1. The summed E-state index contributed by atoms with van der Waals surface area (Å²) in [4.78, 5) is 25.3. The van der Waals surface area contributed by atoms with Crippen LogP contribution in [0.4, 0.5) is 0 Å². The average molecular weight is 359 g/mol. The Balaban J connectivity index is 1.49. The largest absolute Gasteiger partial charge is 0.340 e. The molecule has 2 aromatic rings. The lowest BCUT2D eigenvalue weighted by molar-refractivity contribution is -0.138. The molecule has 5 nitrogen and oxygen atoms in total. The summed E-state index contributed by atoms with van der Waals surface area (Å²) in [5.41, 5.74) is 3.16. The van der Waals surface area contributed by atoms with E-state index in [0.717, 1.165) is 61.7 Å². The number of carbonyl (C=O) groups is 1. The quantitative estimate of drug-likeness (QED) is 0.898. The first-order valence-electron chi connectivity index (χ1n) is 8.91. The molecule has 0 spiro atoms. The number of fused-ring (bicyclic) bond motifs is 1. The molecule has 1 N–H and O–H groups in total. The molecule has 1 atom stereocenters. The fraction of sp³-hybridized carbons (Fsp3) is 0.474. The topological polar surface area (TPSA) is 52.2 Å². The highest BCUT2D eigenvalue weighted by Gasteiger charge is 2.31. The van der Waals surface area contributed by atoms with Crippen molar-refractivity contribution in [1.82, 2.24) is 19.8 Å². The summed E-state index contributed by atoms with van der Waals surface area (Å²) in [6.45, 7) is 3.37. The maximum Gasteiger partial charge on any atom is 0.227 e. The minimum Gasteiger partial charge on any atom is -0.340 e.